The van der Waals surface area contributed by atoms with Gasteiger partial charge in [-0.2, -0.15) is 11.8 Å². The van der Waals surface area contributed by atoms with Gasteiger partial charge in [-0.05, 0) is 48.3 Å². The number of hydrogen-bond donors (Lipinski definition) is 2. The van der Waals surface area contributed by atoms with Gasteiger partial charge in [-0.15, -0.1) is 0 Å². The monoisotopic (exact) mass is 315 g/mol. The van der Waals surface area contributed by atoms with Gasteiger partial charge in [0, 0.05) is 11.8 Å². The summed E-state index contributed by atoms with van der Waals surface area (Å²) in [5, 5.41) is 9.34. The van der Waals surface area contributed by atoms with Crippen LogP contribution in [0.25, 0.3) is 0 Å². The maximum Gasteiger partial charge on any atom is 0.240 e. The fraction of sp³-hybridized carbons (Fsp3) is 0.571. The Morgan fingerprint density at radius 1 is 1.40 bits per heavy atom. The fourth-order valence-electron chi connectivity index (χ4n) is 2.38. The summed E-state index contributed by atoms with van der Waals surface area (Å²) in [6.45, 7) is 1.85. The third-order valence-corrected chi connectivity index (χ3v) is 6.25. The molecule has 0 bridgehead atoms. The van der Waals surface area contributed by atoms with Crippen molar-refractivity contribution >= 4 is 21.8 Å². The van der Waals surface area contributed by atoms with Gasteiger partial charge in [-0.25, -0.2) is 13.1 Å². The Morgan fingerprint density at radius 2 is 2.20 bits per heavy atom. The van der Waals surface area contributed by atoms with Crippen LogP contribution in [0.3, 0.4) is 0 Å². The van der Waals surface area contributed by atoms with Crippen molar-refractivity contribution in [1.29, 1.82) is 0 Å². The van der Waals surface area contributed by atoms with E-state index in [-0.39, 0.29) is 17.5 Å². The normalized spacial score (nSPS) is 20.0. The molecule has 2 N–H and O–H groups in total. The second-order valence-electron chi connectivity index (χ2n) is 4.98. The fourth-order valence-corrected chi connectivity index (χ4v) is 4.88. The number of aliphatic hydroxyl groups excluding tert-OH is 1. The lowest BCUT2D eigenvalue weighted by Crippen LogP contribution is -2.38. The van der Waals surface area contributed by atoms with Crippen molar-refractivity contribution < 1.29 is 13.5 Å². The summed E-state index contributed by atoms with van der Waals surface area (Å²) < 4.78 is 27.5. The second kappa shape index (κ2) is 6.93. The Labute approximate surface area is 125 Å². The van der Waals surface area contributed by atoms with Gasteiger partial charge in [-0.1, -0.05) is 13.0 Å². The third-order valence-electron chi connectivity index (χ3n) is 3.52. The zero-order chi connectivity index (χ0) is 14.6. The summed E-state index contributed by atoms with van der Waals surface area (Å²) >= 11 is 1.79. The van der Waals surface area contributed by atoms with Crippen LogP contribution in [0.1, 0.15) is 30.9 Å². The summed E-state index contributed by atoms with van der Waals surface area (Å²) in [5.74, 6) is 1.94. The number of aryl methyl sites for hydroxylation is 1. The molecule has 4 nitrogen and oxygen atoms in total. The highest BCUT2D eigenvalue weighted by Gasteiger charge is 2.22. The molecule has 1 aliphatic rings. The van der Waals surface area contributed by atoms with Crippen molar-refractivity contribution in [3.63, 3.8) is 0 Å². The van der Waals surface area contributed by atoms with Crippen LogP contribution in [-0.4, -0.2) is 31.1 Å². The van der Waals surface area contributed by atoms with Crippen LogP contribution in [0.5, 0.6) is 0 Å². The van der Waals surface area contributed by atoms with Gasteiger partial charge in [0.25, 0.3) is 0 Å². The number of rotatable bonds is 5. The maximum atomic E-state index is 12.4. The van der Waals surface area contributed by atoms with Crippen LogP contribution >= 0.6 is 11.8 Å². The maximum absolute atomic E-state index is 12.4. The standard InChI is InChI=1S/C14H21NO3S2/c1-2-11-5-6-14(8-12(11)9-16)20(17,18)15-13-4-3-7-19-10-13/h5-6,8,13,15-16H,2-4,7,9-10H2,1H3. The highest BCUT2D eigenvalue weighted by Crippen LogP contribution is 2.21. The van der Waals surface area contributed by atoms with Crippen LogP contribution in [0.4, 0.5) is 0 Å². The molecule has 1 heterocycles. The lowest BCUT2D eigenvalue weighted by Gasteiger charge is -2.22. The molecule has 1 aliphatic heterocycles. The van der Waals surface area contributed by atoms with E-state index in [1.807, 2.05) is 6.92 Å². The first kappa shape index (κ1) is 15.8. The molecule has 2 rings (SSSR count). The zero-order valence-electron chi connectivity index (χ0n) is 11.6. The van der Waals surface area contributed by atoms with Crippen LogP contribution in [0, 0.1) is 0 Å². The number of sulfonamides is 1. The van der Waals surface area contributed by atoms with Gasteiger partial charge in [0.1, 0.15) is 0 Å². The van der Waals surface area contributed by atoms with Gasteiger partial charge >= 0.3 is 0 Å². The van der Waals surface area contributed by atoms with Gasteiger partial charge in [-0.3, -0.25) is 0 Å². The van der Waals surface area contributed by atoms with Crippen molar-refractivity contribution in [2.75, 3.05) is 11.5 Å². The van der Waals surface area contributed by atoms with Crippen LogP contribution in [-0.2, 0) is 23.1 Å². The van der Waals surface area contributed by atoms with E-state index >= 15 is 0 Å². The summed E-state index contributed by atoms with van der Waals surface area (Å²) in [4.78, 5) is 0.245. The van der Waals surface area contributed by atoms with Crippen molar-refractivity contribution in [3.05, 3.63) is 29.3 Å². The zero-order valence-corrected chi connectivity index (χ0v) is 13.3. The van der Waals surface area contributed by atoms with Crippen molar-refractivity contribution in [1.82, 2.24) is 4.72 Å². The molecule has 1 aromatic carbocycles. The summed E-state index contributed by atoms with van der Waals surface area (Å²) in [6, 6.07) is 5.01. The largest absolute Gasteiger partial charge is 0.392 e. The summed E-state index contributed by atoms with van der Waals surface area (Å²) in [6.07, 6.45) is 2.73. The molecule has 1 fully saturated rings. The minimum absolute atomic E-state index is 0.0159. The summed E-state index contributed by atoms with van der Waals surface area (Å²) in [7, 11) is -3.49. The topological polar surface area (TPSA) is 66.4 Å². The van der Waals surface area contributed by atoms with Gasteiger partial charge in [0.2, 0.25) is 10.0 Å². The molecule has 1 atom stereocenters. The van der Waals surface area contributed by atoms with E-state index in [4.69, 9.17) is 0 Å². The molecule has 112 valence electrons. The van der Waals surface area contributed by atoms with E-state index in [9.17, 15) is 13.5 Å². The smallest absolute Gasteiger partial charge is 0.240 e. The average Bonchev–Trinajstić information content (AvgIpc) is 2.47. The van der Waals surface area contributed by atoms with E-state index in [1.54, 1.807) is 30.0 Å². The van der Waals surface area contributed by atoms with Crippen LogP contribution < -0.4 is 4.72 Å². The minimum atomic E-state index is -3.49. The number of thioether (sulfide) groups is 1. The molecule has 1 saturated heterocycles. The highest BCUT2D eigenvalue weighted by atomic mass is 32.2. The van der Waals surface area contributed by atoms with Crippen LogP contribution in [0.2, 0.25) is 0 Å². The van der Waals surface area contributed by atoms with E-state index in [0.29, 0.717) is 5.56 Å². The average molecular weight is 315 g/mol. The molecule has 6 heteroatoms. The molecule has 0 spiro atoms. The second-order valence-corrected chi connectivity index (χ2v) is 7.84. The van der Waals surface area contributed by atoms with Gasteiger partial charge in [0.05, 0.1) is 11.5 Å². The number of aliphatic hydroxyl groups is 1. The molecule has 1 unspecified atom stereocenters. The molecule has 20 heavy (non-hydrogen) atoms. The molecular weight excluding hydrogens is 294 g/mol. The van der Waals surface area contributed by atoms with Crippen molar-refractivity contribution in [2.45, 2.75) is 43.7 Å². The number of nitrogens with one attached hydrogen (secondary N) is 1. The van der Waals surface area contributed by atoms with Crippen molar-refractivity contribution in [3.8, 4) is 0 Å². The third kappa shape index (κ3) is 3.75. The Kier molecular flexibility index (Phi) is 5.49. The van der Waals surface area contributed by atoms with E-state index in [1.165, 1.54) is 0 Å². The molecule has 0 amide bonds. The minimum Gasteiger partial charge on any atom is -0.392 e. The molecule has 0 saturated carbocycles. The highest BCUT2D eigenvalue weighted by molar-refractivity contribution is 7.99. The van der Waals surface area contributed by atoms with E-state index < -0.39 is 10.0 Å². The summed E-state index contributed by atoms with van der Waals surface area (Å²) in [5.41, 5.74) is 1.67. The van der Waals surface area contributed by atoms with Gasteiger partial charge in [0.15, 0.2) is 0 Å². The Bertz CT molecular complexity index is 552. The van der Waals surface area contributed by atoms with E-state index in [2.05, 4.69) is 4.72 Å². The lowest BCUT2D eigenvalue weighted by molar-refractivity contribution is 0.280. The van der Waals surface area contributed by atoms with Crippen molar-refractivity contribution in [2.24, 2.45) is 0 Å². The lowest BCUT2D eigenvalue weighted by atomic mass is 10.1. The molecule has 0 radical (unpaired) electrons. The molecular formula is C14H21NO3S2. The quantitative estimate of drug-likeness (QED) is 0.871. The Balaban J connectivity index is 2.20. The van der Waals surface area contributed by atoms with Crippen LogP contribution in [0.15, 0.2) is 23.1 Å². The van der Waals surface area contributed by atoms with E-state index in [0.717, 1.165) is 36.3 Å². The number of hydrogen-bond acceptors (Lipinski definition) is 4. The molecule has 0 aliphatic carbocycles. The first-order valence-electron chi connectivity index (χ1n) is 6.89. The predicted octanol–water partition coefficient (Wildman–Crippen LogP) is 1.92. The SMILES string of the molecule is CCc1ccc(S(=O)(=O)NC2CCCSC2)cc1CO. The predicted molar refractivity (Wildman–Crippen MR) is 82.4 cm³/mol. The first-order chi connectivity index (χ1) is 9.56. The Hall–Kier alpha value is -0.560. The number of benzene rings is 1. The molecule has 0 aromatic heterocycles. The van der Waals surface area contributed by atoms with Gasteiger partial charge < -0.3 is 5.11 Å². The Morgan fingerprint density at radius 3 is 2.80 bits per heavy atom. The first-order valence-corrected chi connectivity index (χ1v) is 9.53. The molecule has 1 aromatic rings.